The Morgan fingerprint density at radius 2 is 1.88 bits per heavy atom. The number of hydrogen-bond acceptors (Lipinski definition) is 4. The number of halogens is 2. The number of anilines is 3. The van der Waals surface area contributed by atoms with Gasteiger partial charge in [-0.05, 0) is 42.5 Å². The number of benzene rings is 2. The van der Waals surface area contributed by atoms with Gasteiger partial charge in [-0.15, -0.1) is 0 Å². The molecule has 1 aliphatic rings. The van der Waals surface area contributed by atoms with E-state index >= 15 is 0 Å². The van der Waals surface area contributed by atoms with Crippen molar-refractivity contribution in [2.75, 3.05) is 48.4 Å². The molecule has 0 saturated carbocycles. The standard InChI is InChI=1S/C18H19BrClN3O2/c19-13-1-6-17(16(20)11-13)21-12-18(24)22-14-2-4-15(5-3-14)23-7-9-25-10-8-23/h1-6,11,21H,7-10,12H2,(H,22,24). The van der Waals surface area contributed by atoms with Crippen molar-refractivity contribution in [2.45, 2.75) is 0 Å². The lowest BCUT2D eigenvalue weighted by atomic mass is 10.2. The van der Waals surface area contributed by atoms with E-state index in [4.69, 9.17) is 16.3 Å². The van der Waals surface area contributed by atoms with E-state index in [0.717, 1.165) is 47.8 Å². The highest BCUT2D eigenvalue weighted by Gasteiger charge is 2.11. The van der Waals surface area contributed by atoms with Crippen LogP contribution in [0.2, 0.25) is 5.02 Å². The van der Waals surface area contributed by atoms with Crippen LogP contribution in [0.5, 0.6) is 0 Å². The van der Waals surface area contributed by atoms with Gasteiger partial charge in [0.1, 0.15) is 0 Å². The zero-order valence-corrected chi connectivity index (χ0v) is 15.9. The van der Waals surface area contributed by atoms with E-state index in [1.165, 1.54) is 0 Å². The molecule has 0 spiro atoms. The van der Waals surface area contributed by atoms with E-state index in [2.05, 4.69) is 31.5 Å². The van der Waals surface area contributed by atoms with E-state index in [-0.39, 0.29) is 12.5 Å². The van der Waals surface area contributed by atoms with E-state index in [1.807, 2.05) is 36.4 Å². The van der Waals surface area contributed by atoms with Crippen LogP contribution in [-0.4, -0.2) is 38.8 Å². The van der Waals surface area contributed by atoms with Gasteiger partial charge >= 0.3 is 0 Å². The molecule has 0 radical (unpaired) electrons. The number of carbonyl (C=O) groups excluding carboxylic acids is 1. The Bertz CT molecular complexity index is 734. The molecule has 0 unspecified atom stereocenters. The van der Waals surface area contributed by atoms with E-state index < -0.39 is 0 Å². The Hall–Kier alpha value is -1.76. The molecular weight excluding hydrogens is 406 g/mol. The van der Waals surface area contributed by atoms with Crippen LogP contribution in [-0.2, 0) is 9.53 Å². The smallest absolute Gasteiger partial charge is 0.243 e. The maximum absolute atomic E-state index is 12.1. The van der Waals surface area contributed by atoms with Gasteiger partial charge in [0.15, 0.2) is 0 Å². The quantitative estimate of drug-likeness (QED) is 0.762. The minimum atomic E-state index is -0.127. The van der Waals surface area contributed by atoms with Gasteiger partial charge in [-0.25, -0.2) is 0 Å². The predicted molar refractivity (Wildman–Crippen MR) is 106 cm³/mol. The Morgan fingerprint density at radius 1 is 1.16 bits per heavy atom. The molecule has 7 heteroatoms. The molecule has 0 atom stereocenters. The first-order valence-corrected chi connectivity index (χ1v) is 9.20. The van der Waals surface area contributed by atoms with Crippen LogP contribution < -0.4 is 15.5 Å². The van der Waals surface area contributed by atoms with Crippen molar-refractivity contribution < 1.29 is 9.53 Å². The van der Waals surface area contributed by atoms with Gasteiger partial charge in [-0.3, -0.25) is 4.79 Å². The van der Waals surface area contributed by atoms with Gasteiger partial charge in [0.2, 0.25) is 5.91 Å². The van der Waals surface area contributed by atoms with Crippen molar-refractivity contribution in [3.05, 3.63) is 52.0 Å². The Morgan fingerprint density at radius 3 is 2.56 bits per heavy atom. The third-order valence-corrected chi connectivity index (χ3v) is 4.70. The lowest BCUT2D eigenvalue weighted by molar-refractivity contribution is -0.114. The van der Waals surface area contributed by atoms with E-state index in [0.29, 0.717) is 5.02 Å². The maximum atomic E-state index is 12.1. The summed E-state index contributed by atoms with van der Waals surface area (Å²) in [6.45, 7) is 3.44. The minimum absolute atomic E-state index is 0.127. The highest BCUT2D eigenvalue weighted by molar-refractivity contribution is 9.10. The SMILES string of the molecule is O=C(CNc1ccc(Br)cc1Cl)Nc1ccc(N2CCOCC2)cc1. The number of morpholine rings is 1. The van der Waals surface area contributed by atoms with Crippen molar-refractivity contribution in [1.29, 1.82) is 0 Å². The minimum Gasteiger partial charge on any atom is -0.378 e. The summed E-state index contributed by atoms with van der Waals surface area (Å²) >= 11 is 9.48. The first-order chi connectivity index (χ1) is 12.1. The zero-order valence-electron chi connectivity index (χ0n) is 13.6. The van der Waals surface area contributed by atoms with E-state index in [1.54, 1.807) is 6.07 Å². The van der Waals surface area contributed by atoms with Crippen LogP contribution in [0.1, 0.15) is 0 Å². The number of hydrogen-bond donors (Lipinski definition) is 2. The molecule has 5 nitrogen and oxygen atoms in total. The first-order valence-electron chi connectivity index (χ1n) is 8.03. The summed E-state index contributed by atoms with van der Waals surface area (Å²) in [5, 5.41) is 6.48. The molecule has 0 aliphatic carbocycles. The third-order valence-electron chi connectivity index (χ3n) is 3.90. The van der Waals surface area contributed by atoms with Gasteiger partial charge in [-0.2, -0.15) is 0 Å². The summed E-state index contributed by atoms with van der Waals surface area (Å²) in [5.41, 5.74) is 2.63. The fraction of sp³-hybridized carbons (Fsp3) is 0.278. The van der Waals surface area contributed by atoms with Gasteiger partial charge in [0.25, 0.3) is 0 Å². The van der Waals surface area contributed by atoms with Crippen LogP contribution in [0.15, 0.2) is 46.9 Å². The van der Waals surface area contributed by atoms with Gasteiger partial charge < -0.3 is 20.3 Å². The van der Waals surface area contributed by atoms with Crippen molar-refractivity contribution in [3.8, 4) is 0 Å². The molecule has 1 fully saturated rings. The van der Waals surface area contributed by atoms with E-state index in [9.17, 15) is 4.79 Å². The van der Waals surface area contributed by atoms with Crippen molar-refractivity contribution >= 4 is 50.5 Å². The molecule has 2 aromatic rings. The first kappa shape index (κ1) is 18.0. The summed E-state index contributed by atoms with van der Waals surface area (Å²) in [4.78, 5) is 14.4. The molecule has 1 aliphatic heterocycles. The molecule has 1 saturated heterocycles. The van der Waals surface area contributed by atoms with Crippen LogP contribution in [0.4, 0.5) is 17.1 Å². The molecule has 0 aromatic heterocycles. The van der Waals surface area contributed by atoms with Gasteiger partial charge in [-0.1, -0.05) is 27.5 Å². The molecule has 25 heavy (non-hydrogen) atoms. The molecular formula is C18H19BrClN3O2. The van der Waals surface area contributed by atoms with Crippen LogP contribution >= 0.6 is 27.5 Å². The average Bonchev–Trinajstić information content (AvgIpc) is 2.62. The third kappa shape index (κ3) is 5.11. The zero-order chi connectivity index (χ0) is 17.6. The molecule has 132 valence electrons. The summed E-state index contributed by atoms with van der Waals surface area (Å²) in [5.74, 6) is -0.127. The number of ether oxygens (including phenoxy) is 1. The fourth-order valence-electron chi connectivity index (χ4n) is 2.59. The molecule has 2 N–H and O–H groups in total. The lowest BCUT2D eigenvalue weighted by Crippen LogP contribution is -2.36. The second-order valence-electron chi connectivity index (χ2n) is 5.67. The van der Waals surface area contributed by atoms with Crippen LogP contribution in [0.25, 0.3) is 0 Å². The Labute approximate surface area is 160 Å². The topological polar surface area (TPSA) is 53.6 Å². The summed E-state index contributed by atoms with van der Waals surface area (Å²) < 4.78 is 6.25. The summed E-state index contributed by atoms with van der Waals surface area (Å²) in [6.07, 6.45) is 0. The normalized spacial score (nSPS) is 14.2. The number of rotatable bonds is 5. The monoisotopic (exact) mass is 423 g/mol. The molecule has 3 rings (SSSR count). The number of amides is 1. The number of nitrogens with one attached hydrogen (secondary N) is 2. The van der Waals surface area contributed by atoms with Crippen LogP contribution in [0.3, 0.4) is 0 Å². The number of carbonyl (C=O) groups is 1. The van der Waals surface area contributed by atoms with Crippen LogP contribution in [0, 0.1) is 0 Å². The van der Waals surface area contributed by atoms with Crippen molar-refractivity contribution in [1.82, 2.24) is 0 Å². The fourth-order valence-corrected chi connectivity index (χ4v) is 3.33. The Balaban J connectivity index is 1.52. The molecule has 0 bridgehead atoms. The van der Waals surface area contributed by atoms with Gasteiger partial charge in [0.05, 0.1) is 30.5 Å². The highest BCUT2D eigenvalue weighted by Crippen LogP contribution is 2.25. The average molecular weight is 425 g/mol. The molecule has 1 heterocycles. The summed E-state index contributed by atoms with van der Waals surface area (Å²) in [7, 11) is 0. The number of nitrogens with zero attached hydrogens (tertiary/aromatic N) is 1. The second-order valence-corrected chi connectivity index (χ2v) is 7.00. The largest absolute Gasteiger partial charge is 0.378 e. The maximum Gasteiger partial charge on any atom is 0.243 e. The van der Waals surface area contributed by atoms with Crippen molar-refractivity contribution in [2.24, 2.45) is 0 Å². The molecule has 1 amide bonds. The van der Waals surface area contributed by atoms with Gasteiger partial charge in [0, 0.05) is 28.9 Å². The lowest BCUT2D eigenvalue weighted by Gasteiger charge is -2.28. The second kappa shape index (κ2) is 8.56. The van der Waals surface area contributed by atoms with Crippen molar-refractivity contribution in [3.63, 3.8) is 0 Å². The predicted octanol–water partition coefficient (Wildman–Crippen LogP) is 3.99. The highest BCUT2D eigenvalue weighted by atomic mass is 79.9. The molecule has 2 aromatic carbocycles. The Kier molecular flexibility index (Phi) is 6.18. The summed E-state index contributed by atoms with van der Waals surface area (Å²) in [6, 6.07) is 13.3.